The Bertz CT molecular complexity index is 1250. The van der Waals surface area contributed by atoms with Gasteiger partial charge in [0.25, 0.3) is 0 Å². The summed E-state index contributed by atoms with van der Waals surface area (Å²) >= 11 is 0. The summed E-state index contributed by atoms with van der Waals surface area (Å²) < 4.78 is 22.6. The molecule has 10 nitrogen and oxygen atoms in total. The van der Waals surface area contributed by atoms with Gasteiger partial charge in [0.1, 0.15) is 36.8 Å². The highest BCUT2D eigenvalue weighted by Gasteiger charge is 2.33. The second-order valence-corrected chi connectivity index (χ2v) is 11.1. The lowest BCUT2D eigenvalue weighted by Gasteiger charge is -2.30. The molecule has 40 heavy (non-hydrogen) atoms. The zero-order chi connectivity index (χ0) is 28.0. The highest BCUT2D eigenvalue weighted by molar-refractivity contribution is 6.02. The number of ketones is 2. The second kappa shape index (κ2) is 10.7. The molecule has 0 unspecified atom stereocenters. The zero-order valence-corrected chi connectivity index (χ0v) is 22.5. The molecule has 0 amide bonds. The van der Waals surface area contributed by atoms with Crippen molar-refractivity contribution in [3.8, 4) is 22.6 Å². The highest BCUT2D eigenvalue weighted by Crippen LogP contribution is 2.49. The maximum Gasteiger partial charge on any atom is 0.323 e. The molecule has 2 fully saturated rings. The second-order valence-electron chi connectivity index (χ2n) is 11.1. The highest BCUT2D eigenvalue weighted by atomic mass is 16.5. The number of carbonyl (C=O) groups is 4. The number of carbonyl (C=O) groups excluding carboxylic acids is 4. The predicted molar refractivity (Wildman–Crippen MR) is 142 cm³/mol. The van der Waals surface area contributed by atoms with Crippen LogP contribution in [0.1, 0.15) is 71.4 Å². The topological polar surface area (TPSA) is 129 Å². The molecule has 4 aliphatic rings. The van der Waals surface area contributed by atoms with Gasteiger partial charge in [0, 0.05) is 45.5 Å². The van der Waals surface area contributed by atoms with Gasteiger partial charge in [-0.25, -0.2) is 0 Å². The number of nitrogens with one attached hydrogen (secondary N) is 2. The molecule has 0 spiro atoms. The van der Waals surface area contributed by atoms with Crippen LogP contribution >= 0.6 is 0 Å². The van der Waals surface area contributed by atoms with Crippen molar-refractivity contribution >= 4 is 23.5 Å². The van der Waals surface area contributed by atoms with Crippen LogP contribution in [0.25, 0.3) is 11.1 Å². The van der Waals surface area contributed by atoms with Gasteiger partial charge in [-0.05, 0) is 63.8 Å². The van der Waals surface area contributed by atoms with Gasteiger partial charge in [-0.2, -0.15) is 0 Å². The van der Waals surface area contributed by atoms with Gasteiger partial charge in [-0.1, -0.05) is 0 Å². The van der Waals surface area contributed by atoms with E-state index in [0.717, 1.165) is 35.1 Å². The number of rotatable bonds is 8. The summed E-state index contributed by atoms with van der Waals surface area (Å²) in [6.45, 7) is 3.68. The first-order valence-corrected chi connectivity index (χ1v) is 13.8. The quantitative estimate of drug-likeness (QED) is 0.375. The van der Waals surface area contributed by atoms with Gasteiger partial charge < -0.3 is 29.6 Å². The SMILES string of the molecule is C[C@H]1CC[C@@H](C(=O)OCC(=O)c2cc3c4c(c2)OCc2cc(C(=O)COC(=O)[C@@H]5CC[C@H](C)N5)cc(c2-4)OC3)N1. The normalized spacial score (nSPS) is 23.9. The number of Topliss-reactive ketones (excluding diaryl/α,β-unsaturated/α-hetero) is 2. The fraction of sp³-hybridized carbons (Fsp3) is 0.467. The molecule has 210 valence electrons. The third-order valence-corrected chi connectivity index (χ3v) is 8.04. The van der Waals surface area contributed by atoms with Gasteiger partial charge in [0.05, 0.1) is 0 Å². The van der Waals surface area contributed by atoms with E-state index in [1.54, 1.807) is 24.3 Å². The number of hydrogen-bond acceptors (Lipinski definition) is 10. The molecule has 4 heterocycles. The average molecular weight is 549 g/mol. The van der Waals surface area contributed by atoms with Crippen LogP contribution in [0, 0.1) is 0 Å². The molecule has 2 N–H and O–H groups in total. The molecule has 0 aromatic heterocycles. The van der Waals surface area contributed by atoms with Crippen molar-refractivity contribution in [2.45, 2.75) is 76.9 Å². The Balaban J connectivity index is 1.15. The minimum absolute atomic E-state index is 0.182. The lowest BCUT2D eigenvalue weighted by Crippen LogP contribution is -2.36. The molecule has 10 heteroatoms. The first-order chi connectivity index (χ1) is 19.3. The molecule has 0 saturated carbocycles. The molecule has 4 aliphatic heterocycles. The van der Waals surface area contributed by atoms with Gasteiger partial charge in [-0.3, -0.25) is 19.2 Å². The van der Waals surface area contributed by atoms with Gasteiger partial charge in [-0.15, -0.1) is 0 Å². The molecule has 4 atom stereocenters. The number of ether oxygens (including phenoxy) is 4. The molecule has 2 aromatic rings. The number of hydrogen-bond donors (Lipinski definition) is 2. The summed E-state index contributed by atoms with van der Waals surface area (Å²) in [6, 6.07) is 6.56. The van der Waals surface area contributed by atoms with E-state index in [9.17, 15) is 19.2 Å². The van der Waals surface area contributed by atoms with Crippen LogP contribution in [0.2, 0.25) is 0 Å². The largest absolute Gasteiger partial charge is 0.488 e. The van der Waals surface area contributed by atoms with Crippen LogP contribution in [0.5, 0.6) is 11.5 Å². The summed E-state index contributed by atoms with van der Waals surface area (Å²) in [5, 5.41) is 6.32. The minimum atomic E-state index is -0.417. The summed E-state index contributed by atoms with van der Waals surface area (Å²) in [5.74, 6) is -0.392. The lowest BCUT2D eigenvalue weighted by molar-refractivity contribution is -0.145. The monoisotopic (exact) mass is 548 g/mol. The predicted octanol–water partition coefficient (Wildman–Crippen LogP) is 2.87. The van der Waals surface area contributed by atoms with Gasteiger partial charge in [0.2, 0.25) is 0 Å². The summed E-state index contributed by atoms with van der Waals surface area (Å²) in [7, 11) is 0. The molecule has 2 aromatic carbocycles. The maximum absolute atomic E-state index is 12.9. The minimum Gasteiger partial charge on any atom is -0.488 e. The van der Waals surface area contributed by atoms with Crippen molar-refractivity contribution in [3.05, 3.63) is 46.5 Å². The van der Waals surface area contributed by atoms with Crippen molar-refractivity contribution in [2.24, 2.45) is 0 Å². The van der Waals surface area contributed by atoms with E-state index in [0.29, 0.717) is 35.5 Å². The Labute approximate surface area is 231 Å². The summed E-state index contributed by atoms with van der Waals surface area (Å²) in [4.78, 5) is 50.4. The molecule has 0 aliphatic carbocycles. The van der Waals surface area contributed by atoms with Gasteiger partial charge >= 0.3 is 11.9 Å². The third kappa shape index (κ3) is 5.09. The van der Waals surface area contributed by atoms with E-state index in [1.165, 1.54) is 0 Å². The van der Waals surface area contributed by atoms with Crippen LogP contribution in [-0.2, 0) is 32.3 Å². The smallest absolute Gasteiger partial charge is 0.323 e. The van der Waals surface area contributed by atoms with Crippen LogP contribution in [0.4, 0.5) is 0 Å². The average Bonchev–Trinajstić information content (AvgIpc) is 3.60. The maximum atomic E-state index is 12.9. The molecule has 2 saturated heterocycles. The van der Waals surface area contributed by atoms with Crippen LogP contribution in [0.15, 0.2) is 24.3 Å². The fourth-order valence-corrected chi connectivity index (χ4v) is 5.87. The van der Waals surface area contributed by atoms with Crippen LogP contribution in [0.3, 0.4) is 0 Å². The first kappa shape index (κ1) is 26.5. The standard InChI is InChI=1S/C30H32N2O8/c1-15-3-5-21(31-15)29(35)39-13-23(33)17-7-19-11-38-26-10-18(8-20-12-37-25(9-17)27(19)28(20)26)24(34)14-40-30(36)22-6-4-16(2)32-22/h7-10,15-16,21-22,31-32H,3-6,11-14H2,1-2H3/t15-,16-,21-,22-/m0/s1. The number of esters is 2. The van der Waals surface area contributed by atoms with Gasteiger partial charge in [0.15, 0.2) is 24.8 Å². The Morgan fingerprint density at radius 3 is 1.50 bits per heavy atom. The van der Waals surface area contributed by atoms with Crippen LogP contribution < -0.4 is 20.1 Å². The Kier molecular flexibility index (Phi) is 7.06. The van der Waals surface area contributed by atoms with Crippen LogP contribution in [-0.4, -0.2) is 60.9 Å². The fourth-order valence-electron chi connectivity index (χ4n) is 5.87. The van der Waals surface area contributed by atoms with Crippen molar-refractivity contribution < 1.29 is 38.1 Å². The molecule has 0 bridgehead atoms. The van der Waals surface area contributed by atoms with E-state index in [2.05, 4.69) is 10.6 Å². The molecule has 0 radical (unpaired) electrons. The van der Waals surface area contributed by atoms with Crippen molar-refractivity contribution in [3.63, 3.8) is 0 Å². The Morgan fingerprint density at radius 2 is 1.12 bits per heavy atom. The van der Waals surface area contributed by atoms with E-state index in [4.69, 9.17) is 18.9 Å². The molecule has 6 rings (SSSR count). The molecular formula is C30H32N2O8. The first-order valence-electron chi connectivity index (χ1n) is 13.8. The van der Waals surface area contributed by atoms with Crippen molar-refractivity contribution in [2.75, 3.05) is 13.2 Å². The zero-order valence-electron chi connectivity index (χ0n) is 22.5. The van der Waals surface area contributed by atoms with E-state index < -0.39 is 11.9 Å². The third-order valence-electron chi connectivity index (χ3n) is 8.04. The van der Waals surface area contributed by atoms with Crippen molar-refractivity contribution in [1.29, 1.82) is 0 Å². The Hall–Kier alpha value is -3.76. The van der Waals surface area contributed by atoms with E-state index in [1.807, 2.05) is 13.8 Å². The summed E-state index contributed by atoms with van der Waals surface area (Å²) in [6.07, 6.45) is 3.17. The van der Waals surface area contributed by atoms with E-state index in [-0.39, 0.29) is 62.2 Å². The number of benzene rings is 2. The molecular weight excluding hydrogens is 516 g/mol. The summed E-state index contributed by atoms with van der Waals surface area (Å²) in [5.41, 5.74) is 3.96. The van der Waals surface area contributed by atoms with E-state index >= 15 is 0 Å². The Morgan fingerprint density at radius 1 is 0.700 bits per heavy atom. The van der Waals surface area contributed by atoms with Crippen molar-refractivity contribution in [1.82, 2.24) is 10.6 Å². The lowest BCUT2D eigenvalue weighted by atomic mass is 9.87.